The zero-order valence-electron chi connectivity index (χ0n) is 18.5. The molecule has 0 aromatic heterocycles. The van der Waals surface area contributed by atoms with Crippen LogP contribution in [0.3, 0.4) is 0 Å². The third-order valence-electron chi connectivity index (χ3n) is 5.72. The summed E-state index contributed by atoms with van der Waals surface area (Å²) in [7, 11) is 4.03. The van der Waals surface area contributed by atoms with E-state index in [0.717, 1.165) is 5.56 Å². The Kier molecular flexibility index (Phi) is 7.42. The molecule has 1 heterocycles. The standard InChI is InChI=1S/C22H26ClN3O6/c1-14(15-7-5-6-8-17(15)23)24-9-11-25(12-10-24)22(27)16-13-18(30-2)20(31-3)21(32-4)19(16)26(28)29/h5-8,13-14H,9-12H2,1-4H3. The van der Waals surface area contributed by atoms with E-state index in [0.29, 0.717) is 31.2 Å². The summed E-state index contributed by atoms with van der Waals surface area (Å²) in [4.78, 5) is 28.3. The van der Waals surface area contributed by atoms with Gasteiger partial charge >= 0.3 is 5.69 Å². The Morgan fingerprint density at radius 1 is 1.06 bits per heavy atom. The normalized spacial score (nSPS) is 15.2. The molecule has 1 amide bonds. The molecule has 1 atom stereocenters. The van der Waals surface area contributed by atoms with Crippen molar-refractivity contribution >= 4 is 23.2 Å². The molecule has 0 radical (unpaired) electrons. The fraction of sp³-hybridized carbons (Fsp3) is 0.409. The van der Waals surface area contributed by atoms with Gasteiger partial charge in [0, 0.05) is 43.3 Å². The first-order valence-corrected chi connectivity index (χ1v) is 10.5. The molecule has 1 aliphatic rings. The number of carbonyl (C=O) groups is 1. The number of nitrogens with zero attached hydrogens (tertiary/aromatic N) is 3. The number of amides is 1. The Bertz CT molecular complexity index is 1010. The third kappa shape index (κ3) is 4.44. The highest BCUT2D eigenvalue weighted by Gasteiger charge is 2.35. The van der Waals surface area contributed by atoms with Gasteiger partial charge in [0.2, 0.25) is 11.5 Å². The van der Waals surface area contributed by atoms with Crippen LogP contribution in [0.15, 0.2) is 30.3 Å². The molecule has 172 valence electrons. The predicted octanol–water partition coefficient (Wildman–Crippen LogP) is 3.79. The van der Waals surface area contributed by atoms with Crippen molar-refractivity contribution in [2.45, 2.75) is 13.0 Å². The topological polar surface area (TPSA) is 94.4 Å². The summed E-state index contributed by atoms with van der Waals surface area (Å²) >= 11 is 6.34. The van der Waals surface area contributed by atoms with Gasteiger partial charge in [-0.2, -0.15) is 0 Å². The molecule has 0 aliphatic carbocycles. The molecule has 9 nitrogen and oxygen atoms in total. The summed E-state index contributed by atoms with van der Waals surface area (Å²) in [6, 6.07) is 9.10. The smallest absolute Gasteiger partial charge is 0.327 e. The van der Waals surface area contributed by atoms with Gasteiger partial charge in [-0.25, -0.2) is 0 Å². The summed E-state index contributed by atoms with van der Waals surface area (Å²) in [5, 5.41) is 12.5. The summed E-state index contributed by atoms with van der Waals surface area (Å²) in [5.41, 5.74) is 0.480. The molecule has 10 heteroatoms. The number of halogens is 1. The van der Waals surface area contributed by atoms with Crippen molar-refractivity contribution in [2.24, 2.45) is 0 Å². The lowest BCUT2D eigenvalue weighted by molar-refractivity contribution is -0.386. The molecule has 1 unspecified atom stereocenters. The van der Waals surface area contributed by atoms with Crippen molar-refractivity contribution in [2.75, 3.05) is 47.5 Å². The Morgan fingerprint density at radius 3 is 2.22 bits per heavy atom. The lowest BCUT2D eigenvalue weighted by atomic mass is 10.1. The number of ether oxygens (including phenoxy) is 3. The molecule has 1 saturated heterocycles. The molecule has 1 fully saturated rings. The number of hydrogen-bond acceptors (Lipinski definition) is 7. The highest BCUT2D eigenvalue weighted by Crippen LogP contribution is 2.46. The minimum atomic E-state index is -0.635. The Hall–Kier alpha value is -3.04. The SMILES string of the molecule is COc1cc(C(=O)N2CCN(C(C)c3ccccc3Cl)CC2)c([N+](=O)[O-])c(OC)c1OC. The van der Waals surface area contributed by atoms with Gasteiger partial charge in [0.25, 0.3) is 5.91 Å². The summed E-state index contributed by atoms with van der Waals surface area (Å²) in [6.45, 7) is 4.12. The van der Waals surface area contributed by atoms with Gasteiger partial charge in [0.1, 0.15) is 5.56 Å². The average Bonchev–Trinajstić information content (AvgIpc) is 2.81. The van der Waals surface area contributed by atoms with Crippen molar-refractivity contribution in [1.29, 1.82) is 0 Å². The molecule has 3 rings (SSSR count). The molecule has 0 saturated carbocycles. The Balaban J connectivity index is 1.85. The van der Waals surface area contributed by atoms with Crippen molar-refractivity contribution < 1.29 is 23.9 Å². The van der Waals surface area contributed by atoms with E-state index in [9.17, 15) is 14.9 Å². The van der Waals surface area contributed by atoms with Crippen LogP contribution >= 0.6 is 11.6 Å². The molecule has 0 spiro atoms. The molecular formula is C22H26ClN3O6. The quantitative estimate of drug-likeness (QED) is 0.455. The third-order valence-corrected chi connectivity index (χ3v) is 6.07. The maximum atomic E-state index is 13.3. The van der Waals surface area contributed by atoms with E-state index in [1.165, 1.54) is 27.4 Å². The lowest BCUT2D eigenvalue weighted by Crippen LogP contribution is -2.49. The summed E-state index contributed by atoms with van der Waals surface area (Å²) in [6.07, 6.45) is 0. The van der Waals surface area contributed by atoms with Crippen LogP contribution in [-0.4, -0.2) is 68.1 Å². The van der Waals surface area contributed by atoms with Crippen LogP contribution in [0.1, 0.15) is 28.9 Å². The van der Waals surface area contributed by atoms with Crippen LogP contribution < -0.4 is 14.2 Å². The minimum Gasteiger partial charge on any atom is -0.493 e. The van der Waals surface area contributed by atoms with Crippen molar-refractivity contribution in [1.82, 2.24) is 9.80 Å². The van der Waals surface area contributed by atoms with E-state index in [1.807, 2.05) is 24.3 Å². The second-order valence-electron chi connectivity index (χ2n) is 7.32. The second-order valence-corrected chi connectivity index (χ2v) is 7.73. The van der Waals surface area contributed by atoms with Crippen molar-refractivity contribution in [3.05, 3.63) is 56.6 Å². The van der Waals surface area contributed by atoms with Gasteiger partial charge in [0.15, 0.2) is 5.75 Å². The molecular weight excluding hydrogens is 438 g/mol. The van der Waals surface area contributed by atoms with Crippen LogP contribution in [0.5, 0.6) is 17.2 Å². The summed E-state index contributed by atoms with van der Waals surface area (Å²) in [5.74, 6) is -0.354. The van der Waals surface area contributed by atoms with E-state index in [4.69, 9.17) is 25.8 Å². The molecule has 32 heavy (non-hydrogen) atoms. The van der Waals surface area contributed by atoms with E-state index in [-0.39, 0.29) is 28.9 Å². The number of methoxy groups -OCH3 is 3. The molecule has 2 aromatic rings. The first-order chi connectivity index (χ1) is 15.3. The van der Waals surface area contributed by atoms with E-state index in [1.54, 1.807) is 4.90 Å². The number of nitro groups is 1. The van der Waals surface area contributed by atoms with Gasteiger partial charge < -0.3 is 19.1 Å². The van der Waals surface area contributed by atoms with Crippen molar-refractivity contribution in [3.8, 4) is 17.2 Å². The highest BCUT2D eigenvalue weighted by atomic mass is 35.5. The number of hydrogen-bond donors (Lipinski definition) is 0. The fourth-order valence-corrected chi connectivity index (χ4v) is 4.27. The molecule has 1 aliphatic heterocycles. The van der Waals surface area contributed by atoms with Crippen LogP contribution in [0, 0.1) is 10.1 Å². The maximum absolute atomic E-state index is 13.3. The lowest BCUT2D eigenvalue weighted by Gasteiger charge is -2.38. The first-order valence-electron chi connectivity index (χ1n) is 10.1. The number of nitro benzene ring substituents is 1. The van der Waals surface area contributed by atoms with Crippen LogP contribution in [0.2, 0.25) is 5.02 Å². The largest absolute Gasteiger partial charge is 0.493 e. The van der Waals surface area contributed by atoms with E-state index < -0.39 is 16.5 Å². The first kappa shape index (κ1) is 23.6. The highest BCUT2D eigenvalue weighted by molar-refractivity contribution is 6.31. The molecule has 0 N–H and O–H groups in total. The van der Waals surface area contributed by atoms with Gasteiger partial charge in [-0.1, -0.05) is 29.8 Å². The van der Waals surface area contributed by atoms with Crippen LogP contribution in [0.25, 0.3) is 0 Å². The second kappa shape index (κ2) is 10.1. The Labute approximate surface area is 191 Å². The average molecular weight is 464 g/mol. The number of benzene rings is 2. The zero-order chi connectivity index (χ0) is 23.4. The number of carbonyl (C=O) groups excluding carboxylic acids is 1. The monoisotopic (exact) mass is 463 g/mol. The number of rotatable bonds is 7. The van der Waals surface area contributed by atoms with Crippen LogP contribution in [0.4, 0.5) is 5.69 Å². The van der Waals surface area contributed by atoms with Crippen molar-refractivity contribution in [3.63, 3.8) is 0 Å². The van der Waals surface area contributed by atoms with Gasteiger partial charge in [-0.15, -0.1) is 0 Å². The zero-order valence-corrected chi connectivity index (χ0v) is 19.2. The predicted molar refractivity (Wildman–Crippen MR) is 120 cm³/mol. The fourth-order valence-electron chi connectivity index (χ4n) is 3.98. The minimum absolute atomic E-state index is 0.0663. The van der Waals surface area contributed by atoms with Gasteiger partial charge in [-0.05, 0) is 18.6 Å². The Morgan fingerprint density at radius 2 is 1.69 bits per heavy atom. The molecule has 2 aromatic carbocycles. The van der Waals surface area contributed by atoms with Gasteiger partial charge in [-0.3, -0.25) is 19.8 Å². The van der Waals surface area contributed by atoms with Gasteiger partial charge in [0.05, 0.1) is 26.3 Å². The summed E-state index contributed by atoms with van der Waals surface area (Å²) < 4.78 is 15.7. The number of piperazine rings is 1. The van der Waals surface area contributed by atoms with E-state index >= 15 is 0 Å². The molecule has 0 bridgehead atoms. The van der Waals surface area contributed by atoms with Crippen LogP contribution in [-0.2, 0) is 0 Å². The maximum Gasteiger partial charge on any atom is 0.327 e. The van der Waals surface area contributed by atoms with E-state index in [2.05, 4.69) is 11.8 Å².